The van der Waals surface area contributed by atoms with Crippen LogP contribution in [0.2, 0.25) is 0 Å². The van der Waals surface area contributed by atoms with E-state index in [1.165, 1.54) is 6.08 Å². The van der Waals surface area contributed by atoms with Crippen LogP contribution in [-0.2, 0) is 14.3 Å². The van der Waals surface area contributed by atoms with Crippen molar-refractivity contribution in [1.29, 1.82) is 0 Å². The zero-order chi connectivity index (χ0) is 11.8. The highest BCUT2D eigenvalue weighted by Crippen LogP contribution is 2.00. The molecule has 0 radical (unpaired) electrons. The maximum Gasteiger partial charge on any atom is 0.327 e. The van der Waals surface area contributed by atoms with Crippen LogP contribution in [-0.4, -0.2) is 29.7 Å². The number of carbonyl (C=O) groups excluding carboxylic acids is 1. The molecule has 15 heavy (non-hydrogen) atoms. The number of carbonyl (C=O) groups is 2. The van der Waals surface area contributed by atoms with Crippen molar-refractivity contribution in [3.05, 3.63) is 12.2 Å². The van der Waals surface area contributed by atoms with Crippen molar-refractivity contribution in [3.8, 4) is 0 Å². The van der Waals surface area contributed by atoms with Crippen LogP contribution < -0.4 is 5.73 Å². The summed E-state index contributed by atoms with van der Waals surface area (Å²) in [4.78, 5) is 21.3. The third-order valence-electron chi connectivity index (χ3n) is 1.78. The Morgan fingerprint density at radius 3 is 2.53 bits per heavy atom. The number of carboxylic acids is 1. The first-order valence-corrected chi connectivity index (χ1v) is 4.76. The summed E-state index contributed by atoms with van der Waals surface area (Å²) in [6.45, 7) is 3.82. The summed E-state index contributed by atoms with van der Waals surface area (Å²) in [6.07, 6.45) is 2.82. The number of nitrogens with two attached hydrogens (primary N) is 1. The molecular weight excluding hydrogens is 198 g/mol. The monoisotopic (exact) mass is 215 g/mol. The van der Waals surface area contributed by atoms with Gasteiger partial charge in [0, 0.05) is 12.5 Å². The van der Waals surface area contributed by atoms with E-state index in [9.17, 15) is 9.59 Å². The Morgan fingerprint density at radius 2 is 2.07 bits per heavy atom. The second kappa shape index (κ2) is 7.00. The third-order valence-corrected chi connectivity index (χ3v) is 1.78. The second-order valence-corrected chi connectivity index (χ2v) is 3.47. The lowest BCUT2D eigenvalue weighted by Gasteiger charge is -2.13. The zero-order valence-corrected chi connectivity index (χ0v) is 8.97. The summed E-state index contributed by atoms with van der Waals surface area (Å²) in [5.41, 5.74) is 5.54. The van der Waals surface area contributed by atoms with Crippen molar-refractivity contribution < 1.29 is 19.4 Å². The van der Waals surface area contributed by atoms with E-state index in [2.05, 4.69) is 0 Å². The molecule has 0 heterocycles. The molecule has 5 nitrogen and oxygen atoms in total. The van der Waals surface area contributed by atoms with Crippen molar-refractivity contribution in [1.82, 2.24) is 0 Å². The maximum atomic E-state index is 11.2. The Bertz CT molecular complexity index is 248. The molecule has 0 aliphatic rings. The number of hydrogen-bond acceptors (Lipinski definition) is 4. The summed E-state index contributed by atoms with van der Waals surface area (Å²) >= 11 is 0. The molecule has 0 aliphatic heterocycles. The molecule has 0 fully saturated rings. The number of esters is 1. The molecule has 0 saturated heterocycles. The zero-order valence-electron chi connectivity index (χ0n) is 8.97. The van der Waals surface area contributed by atoms with Crippen molar-refractivity contribution in [2.75, 3.05) is 6.61 Å². The van der Waals surface area contributed by atoms with Crippen LogP contribution in [0.1, 0.15) is 20.3 Å². The lowest BCUT2D eigenvalue weighted by atomic mass is 10.1. The quantitative estimate of drug-likeness (QED) is 0.383. The number of aliphatic carboxylic acids is 1. The highest BCUT2D eigenvalue weighted by molar-refractivity contribution is 5.79. The molecule has 0 spiro atoms. The fourth-order valence-corrected chi connectivity index (χ4v) is 0.780. The van der Waals surface area contributed by atoms with E-state index in [0.29, 0.717) is 6.42 Å². The fraction of sp³-hybridized carbons (Fsp3) is 0.600. The minimum Gasteiger partial charge on any atom is -0.478 e. The van der Waals surface area contributed by atoms with Gasteiger partial charge in [-0.2, -0.15) is 0 Å². The van der Waals surface area contributed by atoms with Crippen LogP contribution in [0.3, 0.4) is 0 Å². The Balaban J connectivity index is 3.69. The van der Waals surface area contributed by atoms with Gasteiger partial charge in [0.1, 0.15) is 6.04 Å². The fourth-order valence-electron chi connectivity index (χ4n) is 0.780. The highest BCUT2D eigenvalue weighted by atomic mass is 16.5. The standard InChI is InChI=1S/C10H17NO4/c1-7(2)9(11)10(14)15-6-4-3-5-8(12)13/h3,5,7,9H,4,6,11H2,1-2H3,(H,12,13)/t9-/m0/s1. The molecule has 86 valence electrons. The van der Waals surface area contributed by atoms with E-state index >= 15 is 0 Å². The van der Waals surface area contributed by atoms with E-state index in [1.807, 2.05) is 13.8 Å². The molecule has 3 N–H and O–H groups in total. The summed E-state index contributed by atoms with van der Waals surface area (Å²) in [6, 6.07) is -0.617. The smallest absolute Gasteiger partial charge is 0.327 e. The van der Waals surface area contributed by atoms with E-state index in [4.69, 9.17) is 15.6 Å². The maximum absolute atomic E-state index is 11.2. The van der Waals surface area contributed by atoms with Gasteiger partial charge >= 0.3 is 11.9 Å². The van der Waals surface area contributed by atoms with Gasteiger partial charge in [-0.05, 0) is 5.92 Å². The van der Waals surface area contributed by atoms with E-state index in [-0.39, 0.29) is 12.5 Å². The van der Waals surface area contributed by atoms with E-state index in [1.54, 1.807) is 0 Å². The van der Waals surface area contributed by atoms with Crippen molar-refractivity contribution in [2.45, 2.75) is 26.3 Å². The van der Waals surface area contributed by atoms with Gasteiger partial charge in [-0.3, -0.25) is 4.79 Å². The number of rotatable bonds is 6. The molecule has 1 atom stereocenters. The minimum absolute atomic E-state index is 0.0343. The average Bonchev–Trinajstić information content (AvgIpc) is 2.15. The average molecular weight is 215 g/mol. The number of carboxylic acid groups (broad SMARTS) is 1. The van der Waals surface area contributed by atoms with Gasteiger partial charge in [0.15, 0.2) is 0 Å². The Hall–Kier alpha value is -1.36. The van der Waals surface area contributed by atoms with Crippen molar-refractivity contribution >= 4 is 11.9 Å². The van der Waals surface area contributed by atoms with E-state index in [0.717, 1.165) is 6.08 Å². The molecular formula is C10H17NO4. The van der Waals surface area contributed by atoms with Gasteiger partial charge in [0.25, 0.3) is 0 Å². The van der Waals surface area contributed by atoms with Gasteiger partial charge in [-0.15, -0.1) is 0 Å². The number of hydrogen-bond donors (Lipinski definition) is 2. The molecule has 0 rings (SSSR count). The summed E-state index contributed by atoms with van der Waals surface area (Å²) in [5.74, 6) is -1.43. The van der Waals surface area contributed by atoms with Crippen LogP contribution in [0.25, 0.3) is 0 Å². The van der Waals surface area contributed by atoms with Crippen LogP contribution in [0, 0.1) is 5.92 Å². The Kier molecular flexibility index (Phi) is 6.37. The van der Waals surface area contributed by atoms with Crippen LogP contribution >= 0.6 is 0 Å². The Labute approximate surface area is 88.9 Å². The first-order chi connectivity index (χ1) is 6.95. The summed E-state index contributed by atoms with van der Waals surface area (Å²) in [5, 5.41) is 8.27. The highest BCUT2D eigenvalue weighted by Gasteiger charge is 2.17. The van der Waals surface area contributed by atoms with E-state index < -0.39 is 18.0 Å². The van der Waals surface area contributed by atoms with Gasteiger partial charge in [0.2, 0.25) is 0 Å². The molecule has 0 saturated carbocycles. The van der Waals surface area contributed by atoms with Crippen LogP contribution in [0.15, 0.2) is 12.2 Å². The van der Waals surface area contributed by atoms with Crippen molar-refractivity contribution in [2.24, 2.45) is 11.7 Å². The first kappa shape index (κ1) is 13.6. The molecule has 0 aliphatic carbocycles. The molecule has 0 aromatic rings. The predicted octanol–water partition coefficient (Wildman–Crippen LogP) is 0.544. The largest absolute Gasteiger partial charge is 0.478 e. The minimum atomic E-state index is -1.01. The topological polar surface area (TPSA) is 89.6 Å². The SMILES string of the molecule is CC(C)[C@H](N)C(=O)OCCC=CC(=O)O. The molecule has 0 aromatic carbocycles. The molecule has 0 bridgehead atoms. The predicted molar refractivity (Wildman–Crippen MR) is 55.2 cm³/mol. The van der Waals surface area contributed by atoms with Crippen LogP contribution in [0.4, 0.5) is 0 Å². The normalized spacial score (nSPS) is 13.1. The lowest BCUT2D eigenvalue weighted by Crippen LogP contribution is -2.37. The number of ether oxygens (including phenoxy) is 1. The molecule has 0 amide bonds. The molecule has 0 unspecified atom stereocenters. The third kappa shape index (κ3) is 6.68. The van der Waals surface area contributed by atoms with Gasteiger partial charge in [0.05, 0.1) is 6.61 Å². The molecule has 0 aromatic heterocycles. The summed E-state index contributed by atoms with van der Waals surface area (Å²) < 4.78 is 4.84. The van der Waals surface area contributed by atoms with Gasteiger partial charge in [-0.25, -0.2) is 4.79 Å². The van der Waals surface area contributed by atoms with Gasteiger partial charge < -0.3 is 15.6 Å². The second-order valence-electron chi connectivity index (χ2n) is 3.47. The summed E-state index contributed by atoms with van der Waals surface area (Å²) in [7, 11) is 0. The lowest BCUT2D eigenvalue weighted by molar-refractivity contribution is -0.146. The molecule has 5 heteroatoms. The van der Waals surface area contributed by atoms with Crippen molar-refractivity contribution in [3.63, 3.8) is 0 Å². The van der Waals surface area contributed by atoms with Crippen LogP contribution in [0.5, 0.6) is 0 Å². The first-order valence-electron chi connectivity index (χ1n) is 4.76. The Morgan fingerprint density at radius 1 is 1.47 bits per heavy atom. The van der Waals surface area contributed by atoms with Gasteiger partial charge in [-0.1, -0.05) is 19.9 Å².